The molecule has 0 N–H and O–H groups in total. The van der Waals surface area contributed by atoms with Crippen LogP contribution in [-0.4, -0.2) is 17.5 Å². The van der Waals surface area contributed by atoms with E-state index >= 15 is 0 Å². The van der Waals surface area contributed by atoms with Crippen molar-refractivity contribution in [3.05, 3.63) is 97.9 Å². The van der Waals surface area contributed by atoms with Gasteiger partial charge in [-0.3, -0.25) is 0 Å². The van der Waals surface area contributed by atoms with Crippen molar-refractivity contribution in [1.82, 2.24) is 0 Å². The summed E-state index contributed by atoms with van der Waals surface area (Å²) in [4.78, 5) is 0. The van der Waals surface area contributed by atoms with E-state index in [4.69, 9.17) is 9.47 Å². The summed E-state index contributed by atoms with van der Waals surface area (Å²) in [6.45, 7) is 18.8. The van der Waals surface area contributed by atoms with Crippen LogP contribution in [0.4, 0.5) is 0 Å². The van der Waals surface area contributed by atoms with Gasteiger partial charge in [-0.15, -0.1) is 0 Å². The molecule has 0 heterocycles. The molecule has 0 radical (unpaired) electrons. The van der Waals surface area contributed by atoms with Gasteiger partial charge in [0.1, 0.15) is 0 Å². The monoisotopic (exact) mass is 700 g/mol. The number of benzene rings is 3. The molecule has 0 aliphatic heterocycles. The molecule has 2 aliphatic rings. The summed E-state index contributed by atoms with van der Waals surface area (Å²) in [7, 11) is 3.47. The second-order valence-corrected chi connectivity index (χ2v) is 24.4. The van der Waals surface area contributed by atoms with Crippen molar-refractivity contribution >= 4 is 8.83 Å². The molecule has 3 heteroatoms. The van der Waals surface area contributed by atoms with Gasteiger partial charge in [0.25, 0.3) is 0 Å². The fourth-order valence-corrected chi connectivity index (χ4v) is 18.8. The first-order valence-electron chi connectivity index (χ1n) is 14.4. The van der Waals surface area contributed by atoms with E-state index in [9.17, 15) is 0 Å². The van der Waals surface area contributed by atoms with E-state index in [0.29, 0.717) is 3.67 Å². The van der Waals surface area contributed by atoms with Crippen LogP contribution < -0.4 is 9.47 Å². The minimum atomic E-state index is -2.69. The zero-order chi connectivity index (χ0) is 29.0. The predicted molar refractivity (Wildman–Crippen MR) is 168 cm³/mol. The Morgan fingerprint density at radius 2 is 1.23 bits per heavy atom. The SMILES string of the molecule is COc1cc(OC)cc(C2=[C]([Hf](=[C](C)C)[CH]3c4cc(C(C)(C)C)ccc4-c4ccc(C(C)(C)C)cc43)CC=C2)c1. The molecule has 0 saturated carbocycles. The van der Waals surface area contributed by atoms with Gasteiger partial charge in [-0.2, -0.15) is 0 Å². The normalized spacial score (nSPS) is 14.8. The van der Waals surface area contributed by atoms with Gasteiger partial charge < -0.3 is 0 Å². The zero-order valence-electron chi connectivity index (χ0n) is 26.0. The van der Waals surface area contributed by atoms with E-state index in [1.807, 2.05) is 6.07 Å². The van der Waals surface area contributed by atoms with Crippen molar-refractivity contribution in [1.29, 1.82) is 0 Å². The van der Waals surface area contributed by atoms with E-state index in [0.717, 1.165) is 17.9 Å². The van der Waals surface area contributed by atoms with Crippen molar-refractivity contribution in [2.24, 2.45) is 0 Å². The van der Waals surface area contributed by atoms with Crippen LogP contribution in [-0.2, 0) is 31.8 Å². The summed E-state index contributed by atoms with van der Waals surface area (Å²) in [5, 5.41) is 0. The number of rotatable bonds is 5. The van der Waals surface area contributed by atoms with E-state index in [-0.39, 0.29) is 10.8 Å². The Morgan fingerprint density at radius 1 is 0.725 bits per heavy atom. The number of ether oxygens (including phenoxy) is 2. The van der Waals surface area contributed by atoms with Crippen LogP contribution in [0.25, 0.3) is 16.7 Å². The van der Waals surface area contributed by atoms with E-state index in [1.165, 1.54) is 33.4 Å². The van der Waals surface area contributed by atoms with Gasteiger partial charge in [0, 0.05) is 0 Å². The van der Waals surface area contributed by atoms with E-state index in [1.54, 1.807) is 31.9 Å². The fourth-order valence-electron chi connectivity index (χ4n) is 6.26. The first-order chi connectivity index (χ1) is 18.8. The van der Waals surface area contributed by atoms with Crippen LogP contribution in [0.1, 0.15) is 93.3 Å². The van der Waals surface area contributed by atoms with Gasteiger partial charge in [-0.25, -0.2) is 0 Å². The fraction of sp³-hybridized carbons (Fsp3) is 0.378. The van der Waals surface area contributed by atoms with Gasteiger partial charge in [-0.1, -0.05) is 0 Å². The summed E-state index contributed by atoms with van der Waals surface area (Å²) >= 11 is -2.69. The molecule has 40 heavy (non-hydrogen) atoms. The number of allylic oxidation sites excluding steroid dienone is 4. The van der Waals surface area contributed by atoms with Crippen LogP contribution in [0, 0.1) is 0 Å². The molecule has 0 unspecified atom stereocenters. The summed E-state index contributed by atoms with van der Waals surface area (Å²) < 4.78 is 15.2. The van der Waals surface area contributed by atoms with E-state index < -0.39 is 21.0 Å². The number of fused-ring (bicyclic) bond motifs is 3. The first kappa shape index (κ1) is 29.0. The quantitative estimate of drug-likeness (QED) is 0.247. The van der Waals surface area contributed by atoms with Crippen molar-refractivity contribution in [3.63, 3.8) is 0 Å². The second-order valence-electron chi connectivity index (χ2n) is 13.6. The summed E-state index contributed by atoms with van der Waals surface area (Å²) in [6, 6.07) is 21.0. The van der Waals surface area contributed by atoms with Gasteiger partial charge in [0.2, 0.25) is 0 Å². The van der Waals surface area contributed by atoms with Crippen LogP contribution in [0.3, 0.4) is 0 Å². The first-order valence-corrected chi connectivity index (χ1v) is 20.1. The number of methoxy groups -OCH3 is 2. The Hall–Kier alpha value is -2.52. The summed E-state index contributed by atoms with van der Waals surface area (Å²) in [5.41, 5.74) is 11.6. The predicted octanol–water partition coefficient (Wildman–Crippen LogP) is 9.57. The van der Waals surface area contributed by atoms with Crippen molar-refractivity contribution in [3.8, 4) is 22.6 Å². The summed E-state index contributed by atoms with van der Waals surface area (Å²) in [5.74, 6) is 1.68. The molecule has 0 bridgehead atoms. The van der Waals surface area contributed by atoms with E-state index in [2.05, 4.69) is 116 Å². The molecular formula is C37H44HfO2. The zero-order valence-corrected chi connectivity index (χ0v) is 29.5. The average molecular weight is 699 g/mol. The van der Waals surface area contributed by atoms with Gasteiger partial charge in [0.15, 0.2) is 0 Å². The van der Waals surface area contributed by atoms with Crippen molar-refractivity contribution in [2.75, 3.05) is 14.2 Å². The topological polar surface area (TPSA) is 18.5 Å². The Kier molecular flexibility index (Phi) is 7.76. The van der Waals surface area contributed by atoms with Crippen LogP contribution in [0.2, 0.25) is 0 Å². The maximum atomic E-state index is 5.67. The van der Waals surface area contributed by atoms with Crippen molar-refractivity contribution in [2.45, 2.75) is 76.3 Å². The molecule has 0 atom stereocenters. The molecular weight excluding hydrogens is 655 g/mol. The summed E-state index contributed by atoms with van der Waals surface area (Å²) in [6.07, 6.45) is 5.77. The molecule has 0 spiro atoms. The molecule has 2 nitrogen and oxygen atoms in total. The molecule has 3 aromatic rings. The van der Waals surface area contributed by atoms with Gasteiger partial charge >= 0.3 is 250 Å². The third-order valence-corrected chi connectivity index (χ3v) is 20.7. The minimum absolute atomic E-state index is 0.109. The average Bonchev–Trinajstić information content (AvgIpc) is 3.50. The second kappa shape index (κ2) is 10.7. The standard InChI is InChI=1S/C21H25.C13H13O2.C3H6.Hf/c1-20(2,3)16-7-9-18-14(12-16)11-15-13-17(21(4,5)6)8-10-19(15)18;1-14-12-7-11(8-13(9-12)15-2)10-5-3-4-6-10;1-3-2;/h7-13H,1-6H3;3,5,7-9H,4H2,1-2H3;1-2H3;. The van der Waals surface area contributed by atoms with Crippen molar-refractivity contribution < 1.29 is 30.4 Å². The molecule has 0 saturated heterocycles. The molecule has 5 rings (SSSR count). The van der Waals surface area contributed by atoms with Gasteiger partial charge in [0.05, 0.1) is 0 Å². The molecule has 208 valence electrons. The van der Waals surface area contributed by atoms with Crippen LogP contribution in [0.5, 0.6) is 11.5 Å². The number of hydrogen-bond acceptors (Lipinski definition) is 2. The molecule has 0 fully saturated rings. The third-order valence-electron chi connectivity index (χ3n) is 8.49. The van der Waals surface area contributed by atoms with Crippen LogP contribution in [0.15, 0.2) is 70.1 Å². The Balaban J connectivity index is 1.78. The third kappa shape index (κ3) is 5.27. The molecule has 0 aromatic heterocycles. The Morgan fingerprint density at radius 3 is 1.65 bits per heavy atom. The number of hydrogen-bond donors (Lipinski definition) is 0. The molecule has 0 amide bonds. The van der Waals surface area contributed by atoms with Gasteiger partial charge in [-0.05, 0) is 0 Å². The maximum absolute atomic E-state index is 5.67. The van der Waals surface area contributed by atoms with Crippen LogP contribution >= 0.6 is 0 Å². The Bertz CT molecular complexity index is 1480. The Labute approximate surface area is 249 Å². The molecule has 3 aromatic carbocycles. The molecule has 2 aliphatic carbocycles.